The molecule has 1 saturated heterocycles. The fourth-order valence-electron chi connectivity index (χ4n) is 2.83. The standard InChI is InChI=1S/C14H16ClN5O6/c1-5(22)24-9-7(3-21)26-13(10(9)25-6(2)23)20-4-17-8-11(16)18-14(15)19-12(8)20/h4,7,9-10,13,21H,3H2,1-2H3,(H2,16,18,19)/t7-,9-,10-,13-/m1/s1. The molecular formula is C14H16ClN5O6. The summed E-state index contributed by atoms with van der Waals surface area (Å²) < 4.78 is 17.7. The van der Waals surface area contributed by atoms with Crippen LogP contribution in [0, 0.1) is 0 Å². The van der Waals surface area contributed by atoms with Gasteiger partial charge in [0.15, 0.2) is 29.9 Å². The number of ether oxygens (including phenoxy) is 3. The van der Waals surface area contributed by atoms with Crippen LogP contribution in [-0.4, -0.2) is 61.5 Å². The van der Waals surface area contributed by atoms with Crippen LogP contribution in [-0.2, 0) is 23.8 Å². The summed E-state index contributed by atoms with van der Waals surface area (Å²) in [5, 5.41) is 9.47. The lowest BCUT2D eigenvalue weighted by molar-refractivity contribution is -0.165. The highest BCUT2D eigenvalue weighted by molar-refractivity contribution is 6.28. The van der Waals surface area contributed by atoms with Crippen LogP contribution >= 0.6 is 11.6 Å². The summed E-state index contributed by atoms with van der Waals surface area (Å²) in [7, 11) is 0. The molecule has 4 atom stereocenters. The Balaban J connectivity index is 2.07. The number of carbonyl (C=O) groups excluding carboxylic acids is 2. The molecule has 0 amide bonds. The molecule has 2 aromatic heterocycles. The number of rotatable bonds is 4. The van der Waals surface area contributed by atoms with Gasteiger partial charge in [0.2, 0.25) is 5.28 Å². The number of nitrogens with two attached hydrogens (primary N) is 1. The van der Waals surface area contributed by atoms with E-state index in [1.165, 1.54) is 24.7 Å². The van der Waals surface area contributed by atoms with Gasteiger partial charge in [0.05, 0.1) is 12.9 Å². The second-order valence-corrected chi connectivity index (χ2v) is 5.94. The smallest absolute Gasteiger partial charge is 0.303 e. The number of aliphatic hydroxyl groups is 1. The molecular weight excluding hydrogens is 370 g/mol. The van der Waals surface area contributed by atoms with Gasteiger partial charge in [0, 0.05) is 13.8 Å². The summed E-state index contributed by atoms with van der Waals surface area (Å²) >= 11 is 5.85. The molecule has 3 heterocycles. The van der Waals surface area contributed by atoms with Crippen LogP contribution in [0.5, 0.6) is 0 Å². The first-order valence-corrected chi connectivity index (χ1v) is 7.96. The van der Waals surface area contributed by atoms with Crippen LogP contribution in [0.15, 0.2) is 6.33 Å². The Morgan fingerprint density at radius 2 is 1.96 bits per heavy atom. The quantitative estimate of drug-likeness (QED) is 0.535. The van der Waals surface area contributed by atoms with Crippen LogP contribution in [0.3, 0.4) is 0 Å². The number of aliphatic hydroxyl groups excluding tert-OH is 1. The SMILES string of the molecule is CC(=O)O[C@@H]1[C@H](OC(C)=O)[C@@H](CO)O[C@H]1n1cnc2c(N)nc(Cl)nc21. The number of aromatic nitrogens is 4. The molecule has 0 saturated carbocycles. The van der Waals surface area contributed by atoms with Crippen molar-refractivity contribution in [3.8, 4) is 0 Å². The molecule has 2 aromatic rings. The Kier molecular flexibility index (Phi) is 4.94. The summed E-state index contributed by atoms with van der Waals surface area (Å²) in [6, 6.07) is 0. The van der Waals surface area contributed by atoms with E-state index in [4.69, 9.17) is 31.5 Å². The summed E-state index contributed by atoms with van der Waals surface area (Å²) in [5.41, 5.74) is 6.30. The zero-order valence-electron chi connectivity index (χ0n) is 13.8. The van der Waals surface area contributed by atoms with Gasteiger partial charge in [0.25, 0.3) is 0 Å². The number of anilines is 1. The highest BCUT2D eigenvalue weighted by Gasteiger charge is 2.50. The molecule has 0 bridgehead atoms. The van der Waals surface area contributed by atoms with Gasteiger partial charge >= 0.3 is 11.9 Å². The fraction of sp³-hybridized carbons (Fsp3) is 0.500. The highest BCUT2D eigenvalue weighted by atomic mass is 35.5. The molecule has 0 aliphatic carbocycles. The lowest BCUT2D eigenvalue weighted by Crippen LogP contribution is -2.40. The maximum Gasteiger partial charge on any atom is 0.303 e. The molecule has 11 nitrogen and oxygen atoms in total. The molecule has 0 radical (unpaired) electrons. The van der Waals surface area contributed by atoms with Gasteiger partial charge in [-0.1, -0.05) is 0 Å². The zero-order chi connectivity index (χ0) is 19.0. The Bertz CT molecular complexity index is 858. The van der Waals surface area contributed by atoms with Crippen molar-refractivity contribution < 1.29 is 28.9 Å². The van der Waals surface area contributed by atoms with E-state index in [1.54, 1.807) is 0 Å². The minimum Gasteiger partial charge on any atom is -0.456 e. The highest BCUT2D eigenvalue weighted by Crippen LogP contribution is 2.36. The van der Waals surface area contributed by atoms with Crippen molar-refractivity contribution in [1.82, 2.24) is 19.5 Å². The average Bonchev–Trinajstić information content (AvgIpc) is 3.09. The van der Waals surface area contributed by atoms with Crippen molar-refractivity contribution in [3.63, 3.8) is 0 Å². The molecule has 0 unspecified atom stereocenters. The Morgan fingerprint density at radius 1 is 1.31 bits per heavy atom. The van der Waals surface area contributed by atoms with E-state index in [9.17, 15) is 14.7 Å². The van der Waals surface area contributed by atoms with E-state index in [0.29, 0.717) is 0 Å². The van der Waals surface area contributed by atoms with E-state index in [0.717, 1.165) is 0 Å². The number of nitrogen functional groups attached to an aromatic ring is 1. The van der Waals surface area contributed by atoms with Crippen molar-refractivity contribution in [2.24, 2.45) is 0 Å². The van der Waals surface area contributed by atoms with E-state index in [-0.39, 0.29) is 22.3 Å². The minimum absolute atomic E-state index is 0.0658. The largest absolute Gasteiger partial charge is 0.456 e. The third kappa shape index (κ3) is 3.28. The minimum atomic E-state index is -1.04. The monoisotopic (exact) mass is 385 g/mol. The summed E-state index contributed by atoms with van der Waals surface area (Å²) in [6.45, 7) is 1.95. The molecule has 26 heavy (non-hydrogen) atoms. The molecule has 1 aliphatic rings. The molecule has 0 spiro atoms. The summed E-state index contributed by atoms with van der Waals surface area (Å²) in [4.78, 5) is 35.0. The number of halogens is 1. The number of fused-ring (bicyclic) bond motifs is 1. The first-order chi connectivity index (χ1) is 12.3. The normalized spacial score (nSPS) is 25.4. The van der Waals surface area contributed by atoms with Crippen LogP contribution in [0.25, 0.3) is 11.2 Å². The molecule has 12 heteroatoms. The van der Waals surface area contributed by atoms with Gasteiger partial charge in [0.1, 0.15) is 11.6 Å². The van der Waals surface area contributed by atoms with Gasteiger partial charge < -0.3 is 25.1 Å². The van der Waals surface area contributed by atoms with Crippen molar-refractivity contribution in [1.29, 1.82) is 0 Å². The molecule has 3 N–H and O–H groups in total. The number of imidazole rings is 1. The van der Waals surface area contributed by atoms with Gasteiger partial charge in [-0.2, -0.15) is 9.97 Å². The second kappa shape index (κ2) is 7.02. The predicted molar refractivity (Wildman–Crippen MR) is 86.8 cm³/mol. The number of hydrogen-bond donors (Lipinski definition) is 2. The number of esters is 2. The molecule has 3 rings (SSSR count). The maximum atomic E-state index is 11.5. The van der Waals surface area contributed by atoms with Crippen LogP contribution < -0.4 is 5.73 Å². The summed E-state index contributed by atoms with van der Waals surface area (Å²) in [6.07, 6.45) is -2.59. The summed E-state index contributed by atoms with van der Waals surface area (Å²) in [5.74, 6) is -1.16. The average molecular weight is 386 g/mol. The van der Waals surface area contributed by atoms with E-state index >= 15 is 0 Å². The van der Waals surface area contributed by atoms with Gasteiger partial charge in [-0.25, -0.2) is 4.98 Å². The maximum absolute atomic E-state index is 11.5. The molecule has 140 valence electrons. The van der Waals surface area contributed by atoms with Crippen molar-refractivity contribution in [2.45, 2.75) is 38.4 Å². The number of nitrogens with zero attached hydrogens (tertiary/aromatic N) is 4. The fourth-order valence-corrected chi connectivity index (χ4v) is 3.00. The zero-order valence-corrected chi connectivity index (χ0v) is 14.6. The molecule has 1 fully saturated rings. The molecule has 1 aliphatic heterocycles. The van der Waals surface area contributed by atoms with E-state index in [2.05, 4.69) is 15.0 Å². The van der Waals surface area contributed by atoms with Crippen molar-refractivity contribution >= 4 is 40.5 Å². The van der Waals surface area contributed by atoms with E-state index in [1.807, 2.05) is 0 Å². The van der Waals surface area contributed by atoms with Gasteiger partial charge in [-0.15, -0.1) is 0 Å². The van der Waals surface area contributed by atoms with Crippen LogP contribution in [0.4, 0.5) is 5.82 Å². The van der Waals surface area contributed by atoms with Gasteiger partial charge in [-0.05, 0) is 11.6 Å². The van der Waals surface area contributed by atoms with E-state index < -0.39 is 43.1 Å². The number of carbonyl (C=O) groups is 2. The third-order valence-corrected chi connectivity index (χ3v) is 3.93. The lowest BCUT2D eigenvalue weighted by atomic mass is 10.1. The third-order valence-electron chi connectivity index (χ3n) is 3.76. The topological polar surface area (TPSA) is 152 Å². The lowest BCUT2D eigenvalue weighted by Gasteiger charge is -2.23. The van der Waals surface area contributed by atoms with Crippen molar-refractivity contribution in [2.75, 3.05) is 12.3 Å². The molecule has 0 aromatic carbocycles. The predicted octanol–water partition coefficient (Wildman–Crippen LogP) is -0.185. The van der Waals surface area contributed by atoms with Crippen molar-refractivity contribution in [3.05, 3.63) is 11.6 Å². The number of hydrogen-bond acceptors (Lipinski definition) is 10. The Hall–Kier alpha value is -2.50. The van der Waals surface area contributed by atoms with Crippen LogP contribution in [0.2, 0.25) is 5.28 Å². The second-order valence-electron chi connectivity index (χ2n) is 5.60. The Labute approximate surface area is 152 Å². The van der Waals surface area contributed by atoms with Gasteiger partial charge in [-0.3, -0.25) is 14.2 Å². The Morgan fingerprint density at radius 3 is 2.58 bits per heavy atom. The first-order valence-electron chi connectivity index (χ1n) is 7.58. The first kappa shape index (κ1) is 18.3. The van der Waals surface area contributed by atoms with Crippen LogP contribution in [0.1, 0.15) is 20.1 Å².